The van der Waals surface area contributed by atoms with Gasteiger partial charge in [-0.2, -0.15) is 0 Å². The monoisotopic (exact) mass is 325 g/mol. The van der Waals surface area contributed by atoms with Crippen molar-refractivity contribution >= 4 is 21.8 Å². The minimum Gasteiger partial charge on any atom is -0.373 e. The maximum atomic E-state index is 12.7. The molecule has 0 aromatic heterocycles. The maximum absolute atomic E-state index is 12.7. The van der Waals surface area contributed by atoms with E-state index in [4.69, 9.17) is 4.74 Å². The standard InChI is InChI=1S/C15H20BrNO2/c1-10-4-5-11(2)14(6-10)15(18)17-8-13(7-16)19-9-12(17)3/h4-6,12-13H,7-9H2,1-3H3. The van der Waals surface area contributed by atoms with E-state index >= 15 is 0 Å². The van der Waals surface area contributed by atoms with Crippen LogP contribution in [0.2, 0.25) is 0 Å². The molecule has 2 rings (SSSR count). The smallest absolute Gasteiger partial charge is 0.254 e. The Bertz CT molecular complexity index is 475. The van der Waals surface area contributed by atoms with E-state index in [9.17, 15) is 4.79 Å². The van der Waals surface area contributed by atoms with Crippen molar-refractivity contribution < 1.29 is 9.53 Å². The van der Waals surface area contributed by atoms with Gasteiger partial charge in [-0.3, -0.25) is 4.79 Å². The first-order valence-corrected chi connectivity index (χ1v) is 7.71. The van der Waals surface area contributed by atoms with Gasteiger partial charge in [0.1, 0.15) is 0 Å². The molecule has 2 atom stereocenters. The summed E-state index contributed by atoms with van der Waals surface area (Å²) in [5.74, 6) is 0.114. The van der Waals surface area contributed by atoms with Crippen LogP contribution in [0.5, 0.6) is 0 Å². The largest absolute Gasteiger partial charge is 0.373 e. The summed E-state index contributed by atoms with van der Waals surface area (Å²) >= 11 is 3.43. The van der Waals surface area contributed by atoms with Crippen molar-refractivity contribution in [3.63, 3.8) is 0 Å². The normalized spacial score (nSPS) is 23.5. The number of hydrogen-bond donors (Lipinski definition) is 0. The van der Waals surface area contributed by atoms with E-state index in [2.05, 4.69) is 15.9 Å². The Balaban J connectivity index is 2.24. The average Bonchev–Trinajstić information content (AvgIpc) is 2.41. The van der Waals surface area contributed by atoms with Crippen LogP contribution in [-0.4, -0.2) is 41.4 Å². The van der Waals surface area contributed by atoms with Crippen LogP contribution in [0.25, 0.3) is 0 Å². The highest BCUT2D eigenvalue weighted by molar-refractivity contribution is 9.09. The van der Waals surface area contributed by atoms with E-state index in [0.29, 0.717) is 13.2 Å². The van der Waals surface area contributed by atoms with Crippen LogP contribution in [0.3, 0.4) is 0 Å². The summed E-state index contributed by atoms with van der Waals surface area (Å²) in [6, 6.07) is 6.15. The molecule has 104 valence electrons. The Kier molecular flexibility index (Phi) is 4.63. The molecule has 4 heteroatoms. The van der Waals surface area contributed by atoms with Crippen LogP contribution < -0.4 is 0 Å². The van der Waals surface area contributed by atoms with Crippen LogP contribution in [0.15, 0.2) is 18.2 Å². The number of hydrogen-bond acceptors (Lipinski definition) is 2. The molecule has 1 fully saturated rings. The Labute approximate surface area is 123 Å². The highest BCUT2D eigenvalue weighted by Crippen LogP contribution is 2.19. The van der Waals surface area contributed by atoms with Crippen LogP contribution >= 0.6 is 15.9 Å². The molecule has 3 nitrogen and oxygen atoms in total. The zero-order valence-electron chi connectivity index (χ0n) is 11.6. The van der Waals surface area contributed by atoms with Crippen molar-refractivity contribution in [1.82, 2.24) is 4.90 Å². The zero-order valence-corrected chi connectivity index (χ0v) is 13.2. The number of aryl methyl sites for hydroxylation is 2. The lowest BCUT2D eigenvalue weighted by Gasteiger charge is -2.37. The molecule has 0 radical (unpaired) electrons. The van der Waals surface area contributed by atoms with E-state index in [1.54, 1.807) is 0 Å². The molecule has 0 bridgehead atoms. The topological polar surface area (TPSA) is 29.5 Å². The Morgan fingerprint density at radius 1 is 1.47 bits per heavy atom. The molecule has 0 spiro atoms. The number of rotatable bonds is 2. The first kappa shape index (κ1) is 14.5. The highest BCUT2D eigenvalue weighted by atomic mass is 79.9. The second-order valence-corrected chi connectivity index (χ2v) is 5.88. The lowest BCUT2D eigenvalue weighted by atomic mass is 10.0. The van der Waals surface area contributed by atoms with Gasteiger partial charge in [0.05, 0.1) is 18.8 Å². The zero-order chi connectivity index (χ0) is 14.0. The van der Waals surface area contributed by atoms with Gasteiger partial charge in [-0.1, -0.05) is 33.6 Å². The van der Waals surface area contributed by atoms with Crippen molar-refractivity contribution in [1.29, 1.82) is 0 Å². The van der Waals surface area contributed by atoms with E-state index in [1.165, 1.54) is 0 Å². The number of halogens is 1. The molecule has 1 saturated heterocycles. The number of carbonyl (C=O) groups is 1. The van der Waals surface area contributed by atoms with E-state index < -0.39 is 0 Å². The first-order valence-electron chi connectivity index (χ1n) is 6.58. The summed E-state index contributed by atoms with van der Waals surface area (Å²) in [6.45, 7) is 7.29. The van der Waals surface area contributed by atoms with Gasteiger partial charge in [-0.15, -0.1) is 0 Å². The van der Waals surface area contributed by atoms with Gasteiger partial charge in [0, 0.05) is 17.4 Å². The van der Waals surface area contributed by atoms with Crippen LogP contribution in [0.4, 0.5) is 0 Å². The molecule has 1 amide bonds. The first-order chi connectivity index (χ1) is 9.02. The van der Waals surface area contributed by atoms with E-state index in [0.717, 1.165) is 22.0 Å². The van der Waals surface area contributed by atoms with Gasteiger partial charge >= 0.3 is 0 Å². The summed E-state index contributed by atoms with van der Waals surface area (Å²) in [5, 5.41) is 0.760. The van der Waals surface area contributed by atoms with Crippen molar-refractivity contribution in [2.45, 2.75) is 32.9 Å². The summed E-state index contributed by atoms with van der Waals surface area (Å²) in [4.78, 5) is 14.6. The highest BCUT2D eigenvalue weighted by Gasteiger charge is 2.30. The lowest BCUT2D eigenvalue weighted by Crippen LogP contribution is -2.51. The molecular weight excluding hydrogens is 306 g/mol. The predicted octanol–water partition coefficient (Wildman–Crippen LogP) is 2.93. The maximum Gasteiger partial charge on any atom is 0.254 e. The summed E-state index contributed by atoms with van der Waals surface area (Å²) in [6.07, 6.45) is 0.0882. The summed E-state index contributed by atoms with van der Waals surface area (Å²) in [7, 11) is 0. The SMILES string of the molecule is Cc1ccc(C)c(C(=O)N2CC(CBr)OCC2C)c1. The molecular formula is C15H20BrNO2. The second kappa shape index (κ2) is 6.06. The van der Waals surface area contributed by atoms with Crippen LogP contribution in [0.1, 0.15) is 28.4 Å². The average molecular weight is 326 g/mol. The van der Waals surface area contributed by atoms with Gasteiger partial charge in [-0.05, 0) is 32.4 Å². The molecule has 2 unspecified atom stereocenters. The lowest BCUT2D eigenvalue weighted by molar-refractivity contribution is -0.0361. The molecule has 0 aliphatic carbocycles. The Morgan fingerprint density at radius 3 is 2.89 bits per heavy atom. The van der Waals surface area contributed by atoms with Crippen molar-refractivity contribution in [2.24, 2.45) is 0 Å². The Hall–Kier alpha value is -0.870. The summed E-state index contributed by atoms with van der Waals surface area (Å²) in [5.41, 5.74) is 2.96. The number of ether oxygens (including phenoxy) is 1. The number of amides is 1. The number of morpholine rings is 1. The number of alkyl halides is 1. The third kappa shape index (κ3) is 3.18. The molecule has 1 heterocycles. The van der Waals surface area contributed by atoms with Gasteiger partial charge in [0.25, 0.3) is 5.91 Å². The minimum absolute atomic E-state index is 0.0882. The van der Waals surface area contributed by atoms with E-state index in [1.807, 2.05) is 43.9 Å². The fourth-order valence-electron chi connectivity index (χ4n) is 2.31. The molecule has 0 saturated carbocycles. The molecule has 1 aliphatic heterocycles. The van der Waals surface area contributed by atoms with Crippen molar-refractivity contribution in [3.05, 3.63) is 34.9 Å². The fraction of sp³-hybridized carbons (Fsp3) is 0.533. The van der Waals surface area contributed by atoms with Crippen molar-refractivity contribution in [3.8, 4) is 0 Å². The van der Waals surface area contributed by atoms with Gasteiger partial charge in [0.2, 0.25) is 0 Å². The third-order valence-corrected chi connectivity index (χ3v) is 4.28. The Morgan fingerprint density at radius 2 is 2.21 bits per heavy atom. The predicted molar refractivity (Wildman–Crippen MR) is 79.9 cm³/mol. The van der Waals surface area contributed by atoms with Crippen LogP contribution in [-0.2, 0) is 4.74 Å². The quantitative estimate of drug-likeness (QED) is 0.782. The molecule has 19 heavy (non-hydrogen) atoms. The van der Waals surface area contributed by atoms with Crippen LogP contribution in [0, 0.1) is 13.8 Å². The molecule has 1 aromatic rings. The second-order valence-electron chi connectivity index (χ2n) is 5.23. The summed E-state index contributed by atoms with van der Waals surface area (Å²) < 4.78 is 5.67. The minimum atomic E-state index is 0.0882. The van der Waals surface area contributed by atoms with Gasteiger partial charge in [0.15, 0.2) is 0 Å². The van der Waals surface area contributed by atoms with E-state index in [-0.39, 0.29) is 18.1 Å². The molecule has 0 N–H and O–H groups in total. The number of carbonyl (C=O) groups excluding carboxylic acids is 1. The fourth-order valence-corrected chi connectivity index (χ4v) is 2.71. The number of nitrogens with zero attached hydrogens (tertiary/aromatic N) is 1. The third-order valence-electron chi connectivity index (χ3n) is 3.56. The van der Waals surface area contributed by atoms with Crippen molar-refractivity contribution in [2.75, 3.05) is 18.5 Å². The number of benzene rings is 1. The van der Waals surface area contributed by atoms with Gasteiger partial charge < -0.3 is 9.64 Å². The molecule has 1 aliphatic rings. The molecule has 1 aromatic carbocycles. The van der Waals surface area contributed by atoms with Gasteiger partial charge in [-0.25, -0.2) is 0 Å².